The SMILES string of the molecule is Cc1ccc(C)n1NCCC(C)(C)O. The second-order valence-corrected chi connectivity index (χ2v) is 4.42. The summed E-state index contributed by atoms with van der Waals surface area (Å²) in [5.41, 5.74) is 5.06. The van der Waals surface area contributed by atoms with Gasteiger partial charge in [-0.15, -0.1) is 0 Å². The standard InChI is InChI=1S/C11H20N2O/c1-9-5-6-10(2)13(9)12-8-7-11(3,4)14/h5-6,12,14H,7-8H2,1-4H3. The first kappa shape index (κ1) is 11.1. The van der Waals surface area contributed by atoms with E-state index in [1.807, 2.05) is 18.5 Å². The molecule has 2 N–H and O–H groups in total. The minimum Gasteiger partial charge on any atom is -0.390 e. The van der Waals surface area contributed by atoms with Crippen LogP contribution in [0.3, 0.4) is 0 Å². The predicted octanol–water partition coefficient (Wildman–Crippen LogP) is 1.81. The summed E-state index contributed by atoms with van der Waals surface area (Å²) in [7, 11) is 0. The molecule has 0 spiro atoms. The Morgan fingerprint density at radius 2 is 1.79 bits per heavy atom. The fourth-order valence-corrected chi connectivity index (χ4v) is 1.39. The third-order valence-corrected chi connectivity index (χ3v) is 2.28. The molecule has 3 nitrogen and oxygen atoms in total. The van der Waals surface area contributed by atoms with Crippen molar-refractivity contribution in [1.82, 2.24) is 4.68 Å². The van der Waals surface area contributed by atoms with Crippen molar-refractivity contribution in [3.63, 3.8) is 0 Å². The molecule has 80 valence electrons. The lowest BCUT2D eigenvalue weighted by molar-refractivity contribution is 0.0741. The van der Waals surface area contributed by atoms with Crippen molar-refractivity contribution in [2.45, 2.75) is 39.7 Å². The third-order valence-electron chi connectivity index (χ3n) is 2.28. The first-order valence-electron chi connectivity index (χ1n) is 5.01. The topological polar surface area (TPSA) is 37.2 Å². The zero-order valence-electron chi connectivity index (χ0n) is 9.46. The van der Waals surface area contributed by atoms with Gasteiger partial charge in [0, 0.05) is 17.9 Å². The summed E-state index contributed by atoms with van der Waals surface area (Å²) in [4.78, 5) is 0. The number of aromatic nitrogens is 1. The van der Waals surface area contributed by atoms with Gasteiger partial charge in [-0.05, 0) is 46.2 Å². The lowest BCUT2D eigenvalue weighted by atomic mass is 10.1. The summed E-state index contributed by atoms with van der Waals surface area (Å²) >= 11 is 0. The normalized spacial score (nSPS) is 11.8. The minimum atomic E-state index is -0.595. The van der Waals surface area contributed by atoms with E-state index in [0.717, 1.165) is 13.0 Å². The van der Waals surface area contributed by atoms with Crippen molar-refractivity contribution in [3.8, 4) is 0 Å². The Kier molecular flexibility index (Phi) is 3.21. The molecule has 0 unspecified atom stereocenters. The van der Waals surface area contributed by atoms with E-state index < -0.39 is 5.60 Å². The van der Waals surface area contributed by atoms with Crippen LogP contribution in [0, 0.1) is 13.8 Å². The molecular weight excluding hydrogens is 176 g/mol. The van der Waals surface area contributed by atoms with Crippen LogP contribution >= 0.6 is 0 Å². The number of hydrogen-bond acceptors (Lipinski definition) is 2. The van der Waals surface area contributed by atoms with Crippen LogP contribution in [0.15, 0.2) is 12.1 Å². The van der Waals surface area contributed by atoms with Crippen LogP contribution in [0.5, 0.6) is 0 Å². The van der Waals surface area contributed by atoms with Crippen LogP contribution in [0.1, 0.15) is 31.7 Å². The third kappa shape index (κ3) is 3.07. The number of nitrogens with zero attached hydrogens (tertiary/aromatic N) is 1. The van der Waals surface area contributed by atoms with Gasteiger partial charge in [0.05, 0.1) is 5.60 Å². The van der Waals surface area contributed by atoms with Gasteiger partial charge in [-0.1, -0.05) is 0 Å². The first-order chi connectivity index (χ1) is 6.40. The second-order valence-electron chi connectivity index (χ2n) is 4.42. The monoisotopic (exact) mass is 196 g/mol. The van der Waals surface area contributed by atoms with Crippen molar-refractivity contribution < 1.29 is 5.11 Å². The molecule has 14 heavy (non-hydrogen) atoms. The molecule has 0 aliphatic rings. The van der Waals surface area contributed by atoms with E-state index in [0.29, 0.717) is 0 Å². The number of hydrogen-bond donors (Lipinski definition) is 2. The molecule has 1 aromatic heterocycles. The zero-order valence-corrected chi connectivity index (χ0v) is 9.46. The van der Waals surface area contributed by atoms with Gasteiger partial charge >= 0.3 is 0 Å². The van der Waals surface area contributed by atoms with Gasteiger partial charge in [0.2, 0.25) is 0 Å². The van der Waals surface area contributed by atoms with E-state index in [2.05, 4.69) is 31.4 Å². The van der Waals surface area contributed by atoms with Crippen LogP contribution in [-0.2, 0) is 0 Å². The molecule has 0 aliphatic carbocycles. The highest BCUT2D eigenvalue weighted by atomic mass is 16.3. The fraction of sp³-hybridized carbons (Fsp3) is 0.636. The van der Waals surface area contributed by atoms with Crippen molar-refractivity contribution in [3.05, 3.63) is 23.5 Å². The molecule has 1 aromatic rings. The van der Waals surface area contributed by atoms with E-state index in [9.17, 15) is 5.11 Å². The van der Waals surface area contributed by atoms with E-state index in [4.69, 9.17) is 0 Å². The van der Waals surface area contributed by atoms with Crippen LogP contribution in [0.2, 0.25) is 0 Å². The van der Waals surface area contributed by atoms with Gasteiger partial charge < -0.3 is 10.5 Å². The van der Waals surface area contributed by atoms with Gasteiger partial charge in [-0.3, -0.25) is 4.68 Å². The van der Waals surface area contributed by atoms with Crippen molar-refractivity contribution >= 4 is 0 Å². The Bertz CT molecular complexity index is 277. The molecule has 1 heterocycles. The largest absolute Gasteiger partial charge is 0.390 e. The summed E-state index contributed by atoms with van der Waals surface area (Å²) in [6.45, 7) is 8.54. The molecule has 0 aromatic carbocycles. The highest BCUT2D eigenvalue weighted by molar-refractivity contribution is 5.15. The molecule has 0 saturated carbocycles. The molecule has 0 saturated heterocycles. The van der Waals surface area contributed by atoms with Gasteiger partial charge in [0.15, 0.2) is 0 Å². The zero-order chi connectivity index (χ0) is 10.8. The molecule has 0 atom stereocenters. The van der Waals surface area contributed by atoms with Crippen LogP contribution in [0.4, 0.5) is 0 Å². The summed E-state index contributed by atoms with van der Waals surface area (Å²) in [5, 5.41) is 9.54. The summed E-state index contributed by atoms with van der Waals surface area (Å²) in [5.74, 6) is 0. The van der Waals surface area contributed by atoms with Crippen molar-refractivity contribution in [2.75, 3.05) is 12.0 Å². The summed E-state index contributed by atoms with van der Waals surface area (Å²) in [6.07, 6.45) is 0.740. The number of nitrogens with one attached hydrogen (secondary N) is 1. The summed E-state index contributed by atoms with van der Waals surface area (Å²) in [6, 6.07) is 4.15. The maximum Gasteiger partial charge on any atom is 0.0609 e. The van der Waals surface area contributed by atoms with Crippen molar-refractivity contribution in [2.24, 2.45) is 0 Å². The Labute approximate surface area is 85.7 Å². The lowest BCUT2D eigenvalue weighted by Crippen LogP contribution is -2.27. The van der Waals surface area contributed by atoms with E-state index >= 15 is 0 Å². The quantitative estimate of drug-likeness (QED) is 0.770. The summed E-state index contributed by atoms with van der Waals surface area (Å²) < 4.78 is 2.05. The lowest BCUT2D eigenvalue weighted by Gasteiger charge is -2.19. The maximum absolute atomic E-state index is 9.54. The Morgan fingerprint density at radius 3 is 2.21 bits per heavy atom. The Hall–Kier alpha value is -0.960. The van der Waals surface area contributed by atoms with E-state index in [1.165, 1.54) is 11.4 Å². The highest BCUT2D eigenvalue weighted by Crippen LogP contribution is 2.08. The van der Waals surface area contributed by atoms with Gasteiger partial charge in [-0.25, -0.2) is 0 Å². The first-order valence-corrected chi connectivity index (χ1v) is 5.01. The van der Waals surface area contributed by atoms with Gasteiger partial charge in [-0.2, -0.15) is 0 Å². The highest BCUT2D eigenvalue weighted by Gasteiger charge is 2.11. The van der Waals surface area contributed by atoms with Crippen LogP contribution in [0.25, 0.3) is 0 Å². The number of aliphatic hydroxyl groups is 1. The van der Waals surface area contributed by atoms with E-state index in [-0.39, 0.29) is 0 Å². The van der Waals surface area contributed by atoms with Crippen LogP contribution in [-0.4, -0.2) is 21.9 Å². The Morgan fingerprint density at radius 1 is 1.29 bits per heavy atom. The smallest absolute Gasteiger partial charge is 0.0609 e. The maximum atomic E-state index is 9.54. The minimum absolute atomic E-state index is 0.595. The molecule has 0 amide bonds. The second kappa shape index (κ2) is 4.05. The van der Waals surface area contributed by atoms with Gasteiger partial charge in [0.25, 0.3) is 0 Å². The number of rotatable bonds is 4. The van der Waals surface area contributed by atoms with Gasteiger partial charge in [0.1, 0.15) is 0 Å². The molecule has 0 fully saturated rings. The molecular formula is C11H20N2O. The average molecular weight is 196 g/mol. The molecule has 1 rings (SSSR count). The molecule has 0 bridgehead atoms. The Balaban J connectivity index is 2.46. The molecule has 3 heteroatoms. The molecule has 0 aliphatic heterocycles. The predicted molar refractivity (Wildman–Crippen MR) is 59.0 cm³/mol. The van der Waals surface area contributed by atoms with E-state index in [1.54, 1.807) is 0 Å². The number of aryl methyl sites for hydroxylation is 2. The average Bonchev–Trinajstić information content (AvgIpc) is 2.33. The molecule has 0 radical (unpaired) electrons. The van der Waals surface area contributed by atoms with Crippen molar-refractivity contribution in [1.29, 1.82) is 0 Å². The van der Waals surface area contributed by atoms with Crippen LogP contribution < -0.4 is 5.43 Å². The fourth-order valence-electron chi connectivity index (χ4n) is 1.39.